The number of H-pyrrole nitrogens is 1. The van der Waals surface area contributed by atoms with E-state index in [1.165, 1.54) is 0 Å². The van der Waals surface area contributed by atoms with E-state index in [0.29, 0.717) is 5.69 Å². The Morgan fingerprint density at radius 3 is 2.86 bits per heavy atom. The molecule has 8 heteroatoms. The Balaban J connectivity index is 1.58. The van der Waals surface area contributed by atoms with E-state index in [1.807, 2.05) is 42.5 Å². The standard InChI is InChI=1S/C20H19N5O3/c1-2-28-20(27)17-11-18(25(24-17)15-6-4-3-5-7-15)19(26)22-14-8-9-16-13(10-14)12-21-23-16/h3-10,12,18H,2,11H2,1H3,(H,21,23)(H,22,26). The molecule has 8 nitrogen and oxygen atoms in total. The Kier molecular flexibility index (Phi) is 4.76. The van der Waals surface area contributed by atoms with Crippen molar-refractivity contribution in [1.29, 1.82) is 0 Å². The molecule has 1 aliphatic rings. The highest BCUT2D eigenvalue weighted by atomic mass is 16.5. The second-order valence-corrected chi connectivity index (χ2v) is 6.33. The summed E-state index contributed by atoms with van der Waals surface area (Å²) in [5, 5.41) is 16.6. The summed E-state index contributed by atoms with van der Waals surface area (Å²) >= 11 is 0. The first kappa shape index (κ1) is 17.7. The Labute approximate surface area is 161 Å². The molecule has 0 saturated carbocycles. The summed E-state index contributed by atoms with van der Waals surface area (Å²) in [5.41, 5.74) is 2.50. The van der Waals surface area contributed by atoms with E-state index in [1.54, 1.807) is 24.2 Å². The predicted molar refractivity (Wildman–Crippen MR) is 106 cm³/mol. The number of rotatable bonds is 5. The van der Waals surface area contributed by atoms with Crippen molar-refractivity contribution in [3.8, 4) is 0 Å². The summed E-state index contributed by atoms with van der Waals surface area (Å²) in [4.78, 5) is 25.1. The number of para-hydroxylation sites is 1. The smallest absolute Gasteiger partial charge is 0.354 e. The molecular formula is C20H19N5O3. The van der Waals surface area contributed by atoms with Gasteiger partial charge in [0.05, 0.1) is 24.0 Å². The fraction of sp³-hybridized carbons (Fsp3) is 0.200. The van der Waals surface area contributed by atoms with Crippen LogP contribution >= 0.6 is 0 Å². The van der Waals surface area contributed by atoms with Crippen molar-refractivity contribution in [2.75, 3.05) is 16.9 Å². The molecule has 0 aliphatic carbocycles. The number of carbonyl (C=O) groups is 2. The Morgan fingerprint density at radius 2 is 2.07 bits per heavy atom. The van der Waals surface area contributed by atoms with Gasteiger partial charge in [0.1, 0.15) is 11.8 Å². The third kappa shape index (κ3) is 3.44. The van der Waals surface area contributed by atoms with Crippen molar-refractivity contribution in [3.05, 3.63) is 54.7 Å². The SMILES string of the molecule is CCOC(=O)C1=NN(c2ccccc2)C(C(=O)Nc2ccc3[nH]ncc3c2)C1. The van der Waals surface area contributed by atoms with Crippen LogP contribution in [0, 0.1) is 0 Å². The lowest BCUT2D eigenvalue weighted by molar-refractivity contribution is -0.135. The monoisotopic (exact) mass is 377 g/mol. The summed E-state index contributed by atoms with van der Waals surface area (Å²) in [5.74, 6) is -0.756. The number of aromatic amines is 1. The molecule has 1 amide bonds. The number of nitrogens with zero attached hydrogens (tertiary/aromatic N) is 3. The predicted octanol–water partition coefficient (Wildman–Crippen LogP) is 2.70. The maximum absolute atomic E-state index is 13.0. The van der Waals surface area contributed by atoms with Crippen LogP contribution in [0.5, 0.6) is 0 Å². The number of ether oxygens (including phenoxy) is 1. The zero-order valence-corrected chi connectivity index (χ0v) is 15.3. The van der Waals surface area contributed by atoms with Crippen molar-refractivity contribution in [2.24, 2.45) is 5.10 Å². The third-order valence-electron chi connectivity index (χ3n) is 4.45. The lowest BCUT2D eigenvalue weighted by Crippen LogP contribution is -2.38. The molecule has 0 saturated heterocycles. The molecule has 0 radical (unpaired) electrons. The number of esters is 1. The molecular weight excluding hydrogens is 358 g/mol. The van der Waals surface area contributed by atoms with Gasteiger partial charge in [-0.25, -0.2) is 4.79 Å². The minimum Gasteiger partial charge on any atom is -0.461 e. The van der Waals surface area contributed by atoms with Gasteiger partial charge in [0.15, 0.2) is 0 Å². The van der Waals surface area contributed by atoms with Crippen LogP contribution in [0.4, 0.5) is 11.4 Å². The van der Waals surface area contributed by atoms with Crippen molar-refractivity contribution < 1.29 is 14.3 Å². The number of hydrogen-bond donors (Lipinski definition) is 2. The van der Waals surface area contributed by atoms with E-state index in [2.05, 4.69) is 20.6 Å². The lowest BCUT2D eigenvalue weighted by Gasteiger charge is -2.22. The van der Waals surface area contributed by atoms with Crippen molar-refractivity contribution >= 4 is 39.9 Å². The van der Waals surface area contributed by atoms with Gasteiger partial charge in [-0.3, -0.25) is 14.9 Å². The maximum Gasteiger partial charge on any atom is 0.354 e. The highest BCUT2D eigenvalue weighted by Gasteiger charge is 2.36. The van der Waals surface area contributed by atoms with Crippen LogP contribution in [0.15, 0.2) is 59.8 Å². The van der Waals surface area contributed by atoms with Gasteiger partial charge < -0.3 is 10.1 Å². The molecule has 0 spiro atoms. The second-order valence-electron chi connectivity index (χ2n) is 6.33. The molecule has 3 aromatic rings. The number of hydrogen-bond acceptors (Lipinski definition) is 6. The van der Waals surface area contributed by atoms with E-state index in [-0.39, 0.29) is 24.6 Å². The van der Waals surface area contributed by atoms with Gasteiger partial charge in [-0.1, -0.05) is 18.2 Å². The van der Waals surface area contributed by atoms with Crippen molar-refractivity contribution in [3.63, 3.8) is 0 Å². The minimum absolute atomic E-state index is 0.174. The number of hydrazone groups is 1. The number of benzene rings is 2. The van der Waals surface area contributed by atoms with E-state index < -0.39 is 12.0 Å². The Hall–Kier alpha value is -3.68. The molecule has 2 aromatic carbocycles. The molecule has 2 N–H and O–H groups in total. The van der Waals surface area contributed by atoms with Gasteiger partial charge in [0, 0.05) is 17.5 Å². The molecule has 2 heterocycles. The first-order valence-corrected chi connectivity index (χ1v) is 8.98. The van der Waals surface area contributed by atoms with Crippen LogP contribution in [0.2, 0.25) is 0 Å². The van der Waals surface area contributed by atoms with E-state index in [0.717, 1.165) is 16.6 Å². The molecule has 0 bridgehead atoms. The summed E-state index contributed by atoms with van der Waals surface area (Å²) < 4.78 is 5.06. The average molecular weight is 377 g/mol. The van der Waals surface area contributed by atoms with Crippen LogP contribution in [0.3, 0.4) is 0 Å². The largest absolute Gasteiger partial charge is 0.461 e. The summed E-state index contributed by atoms with van der Waals surface area (Å²) in [6, 6.07) is 14.1. The quantitative estimate of drug-likeness (QED) is 0.666. The van der Waals surface area contributed by atoms with E-state index >= 15 is 0 Å². The third-order valence-corrected chi connectivity index (χ3v) is 4.45. The minimum atomic E-state index is -0.651. The van der Waals surface area contributed by atoms with Gasteiger partial charge in [-0.05, 0) is 37.3 Å². The van der Waals surface area contributed by atoms with Crippen LogP contribution in [0.1, 0.15) is 13.3 Å². The van der Waals surface area contributed by atoms with Gasteiger partial charge in [-0.15, -0.1) is 0 Å². The summed E-state index contributed by atoms with van der Waals surface area (Å²) in [6.45, 7) is 1.99. The fourth-order valence-corrected chi connectivity index (χ4v) is 3.12. The van der Waals surface area contributed by atoms with Gasteiger partial charge in [0.25, 0.3) is 0 Å². The normalized spacial score (nSPS) is 16.1. The molecule has 1 aromatic heterocycles. The zero-order valence-electron chi connectivity index (χ0n) is 15.3. The molecule has 1 unspecified atom stereocenters. The number of amides is 1. The number of anilines is 2. The first-order valence-electron chi connectivity index (χ1n) is 8.98. The first-order chi connectivity index (χ1) is 13.7. The molecule has 1 atom stereocenters. The maximum atomic E-state index is 13.0. The van der Waals surface area contributed by atoms with Crippen molar-refractivity contribution in [1.82, 2.24) is 10.2 Å². The van der Waals surface area contributed by atoms with Crippen LogP contribution in [-0.4, -0.2) is 40.4 Å². The highest BCUT2D eigenvalue weighted by Crippen LogP contribution is 2.26. The van der Waals surface area contributed by atoms with E-state index in [4.69, 9.17) is 4.74 Å². The van der Waals surface area contributed by atoms with Gasteiger partial charge in [0.2, 0.25) is 5.91 Å². The van der Waals surface area contributed by atoms with Gasteiger partial charge in [-0.2, -0.15) is 10.2 Å². The second kappa shape index (κ2) is 7.51. The molecule has 1 aliphatic heterocycles. The van der Waals surface area contributed by atoms with E-state index in [9.17, 15) is 9.59 Å². The molecule has 142 valence electrons. The van der Waals surface area contributed by atoms with Crippen LogP contribution < -0.4 is 10.3 Å². The number of aromatic nitrogens is 2. The number of fused-ring (bicyclic) bond motifs is 1. The lowest BCUT2D eigenvalue weighted by atomic mass is 10.1. The Morgan fingerprint density at radius 1 is 1.25 bits per heavy atom. The number of nitrogens with one attached hydrogen (secondary N) is 2. The summed E-state index contributed by atoms with van der Waals surface area (Å²) in [7, 11) is 0. The van der Waals surface area contributed by atoms with Crippen LogP contribution in [-0.2, 0) is 14.3 Å². The molecule has 0 fully saturated rings. The molecule has 28 heavy (non-hydrogen) atoms. The highest BCUT2D eigenvalue weighted by molar-refractivity contribution is 6.38. The Bertz CT molecular complexity index is 1040. The van der Waals surface area contributed by atoms with Crippen molar-refractivity contribution in [2.45, 2.75) is 19.4 Å². The summed E-state index contributed by atoms with van der Waals surface area (Å²) in [6.07, 6.45) is 1.87. The van der Waals surface area contributed by atoms with Gasteiger partial charge >= 0.3 is 5.97 Å². The molecule has 4 rings (SSSR count). The zero-order chi connectivity index (χ0) is 19.5. The fourth-order valence-electron chi connectivity index (χ4n) is 3.12. The topological polar surface area (TPSA) is 99.7 Å². The number of carbonyl (C=O) groups excluding carboxylic acids is 2. The van der Waals surface area contributed by atoms with Crippen LogP contribution in [0.25, 0.3) is 10.9 Å². The average Bonchev–Trinajstić information content (AvgIpc) is 3.36.